The maximum Gasteiger partial charge on any atom is 0.251 e. The number of hydrogen-bond acceptors (Lipinski definition) is 5. The summed E-state index contributed by atoms with van der Waals surface area (Å²) in [6.07, 6.45) is -0.101. The average Bonchev–Trinajstić information content (AvgIpc) is 3.05. The molecular formula is C18H17ClN4O4S. The molecule has 28 heavy (non-hydrogen) atoms. The van der Waals surface area contributed by atoms with Crippen molar-refractivity contribution < 1.29 is 18.4 Å². The van der Waals surface area contributed by atoms with E-state index in [-0.39, 0.29) is 11.3 Å². The maximum atomic E-state index is 11.8. The summed E-state index contributed by atoms with van der Waals surface area (Å²) >= 11 is 5.96. The highest BCUT2D eigenvalue weighted by atomic mass is 35.5. The largest absolute Gasteiger partial charge is 0.286 e. The van der Waals surface area contributed by atoms with Gasteiger partial charge < -0.3 is 0 Å². The van der Waals surface area contributed by atoms with Gasteiger partial charge in [-0.05, 0) is 42.5 Å². The van der Waals surface area contributed by atoms with Crippen molar-refractivity contribution in [1.82, 2.24) is 14.8 Å². The first-order valence-corrected chi connectivity index (χ1v) is 10.0. The number of amides is 1. The third-order valence-electron chi connectivity index (χ3n) is 4.00. The number of carbonyl (C=O) groups excluding carboxylic acids is 1. The molecule has 0 aliphatic carbocycles. The van der Waals surface area contributed by atoms with Crippen molar-refractivity contribution in [1.29, 1.82) is 0 Å². The molecule has 0 radical (unpaired) electrons. The Morgan fingerprint density at radius 2 is 1.79 bits per heavy atom. The molecule has 0 atom stereocenters. The molecule has 2 aromatic carbocycles. The predicted octanol–water partition coefficient (Wildman–Crippen LogP) is 2.23. The summed E-state index contributed by atoms with van der Waals surface area (Å²) in [5, 5.41) is 19.9. The van der Waals surface area contributed by atoms with Crippen molar-refractivity contribution in [2.24, 2.45) is 5.14 Å². The van der Waals surface area contributed by atoms with Crippen LogP contribution in [-0.4, -0.2) is 41.4 Å². The van der Waals surface area contributed by atoms with E-state index >= 15 is 0 Å². The molecule has 0 saturated carbocycles. The minimum Gasteiger partial charge on any atom is -0.286 e. The normalized spacial score (nSPS) is 11.4. The van der Waals surface area contributed by atoms with Gasteiger partial charge in [0.05, 0.1) is 28.4 Å². The van der Waals surface area contributed by atoms with Crippen LogP contribution in [-0.2, 0) is 21.2 Å². The Bertz CT molecular complexity index is 1110. The van der Waals surface area contributed by atoms with Gasteiger partial charge in [0.1, 0.15) is 0 Å². The summed E-state index contributed by atoms with van der Waals surface area (Å²) in [5.41, 5.74) is 2.48. The number of sulfonamides is 1. The van der Waals surface area contributed by atoms with E-state index in [0.29, 0.717) is 27.2 Å². The lowest BCUT2D eigenvalue weighted by Crippen LogP contribution is -2.24. The van der Waals surface area contributed by atoms with Gasteiger partial charge in [-0.2, -0.15) is 5.10 Å². The Morgan fingerprint density at radius 1 is 1.18 bits per heavy atom. The molecule has 3 rings (SSSR count). The van der Waals surface area contributed by atoms with Gasteiger partial charge in [-0.25, -0.2) is 23.3 Å². The Hall–Kier alpha value is -2.72. The molecule has 0 fully saturated rings. The standard InChI is InChI=1S/C18H17ClN4O4S/c1-22(25)18(24)11-14-10-17(12-2-4-13(19)5-3-12)23(21-14)15-6-8-16(9-7-15)28(20,26)27/h2-10,25H,11H2,1H3,(H2,20,26,27). The zero-order valence-electron chi connectivity index (χ0n) is 14.8. The number of benzene rings is 2. The van der Waals surface area contributed by atoms with Gasteiger partial charge in [0.25, 0.3) is 5.91 Å². The van der Waals surface area contributed by atoms with Crippen LogP contribution in [0.5, 0.6) is 0 Å². The van der Waals surface area contributed by atoms with Crippen LogP contribution < -0.4 is 5.14 Å². The maximum absolute atomic E-state index is 11.8. The predicted molar refractivity (Wildman–Crippen MR) is 104 cm³/mol. The SMILES string of the molecule is CN(O)C(=O)Cc1cc(-c2ccc(Cl)cc2)n(-c2ccc(S(N)(=O)=O)cc2)n1. The first-order valence-electron chi connectivity index (χ1n) is 8.09. The summed E-state index contributed by atoms with van der Waals surface area (Å²) in [5.74, 6) is -0.517. The Labute approximate surface area is 166 Å². The zero-order chi connectivity index (χ0) is 20.5. The molecule has 1 aromatic heterocycles. The molecule has 3 aromatic rings. The highest BCUT2D eigenvalue weighted by Crippen LogP contribution is 2.26. The average molecular weight is 421 g/mol. The van der Waals surface area contributed by atoms with Gasteiger partial charge in [-0.15, -0.1) is 0 Å². The number of aromatic nitrogens is 2. The quantitative estimate of drug-likeness (QED) is 0.484. The van der Waals surface area contributed by atoms with Crippen molar-refractivity contribution in [2.45, 2.75) is 11.3 Å². The minimum atomic E-state index is -3.81. The van der Waals surface area contributed by atoms with E-state index in [4.69, 9.17) is 16.7 Å². The molecular weight excluding hydrogens is 404 g/mol. The smallest absolute Gasteiger partial charge is 0.251 e. The summed E-state index contributed by atoms with van der Waals surface area (Å²) in [6, 6.07) is 14.7. The van der Waals surface area contributed by atoms with Crippen molar-refractivity contribution in [3.63, 3.8) is 0 Å². The van der Waals surface area contributed by atoms with Crippen LogP contribution in [0.25, 0.3) is 16.9 Å². The van der Waals surface area contributed by atoms with E-state index in [9.17, 15) is 18.4 Å². The number of rotatable bonds is 5. The zero-order valence-corrected chi connectivity index (χ0v) is 16.4. The summed E-state index contributed by atoms with van der Waals surface area (Å²) < 4.78 is 24.5. The van der Waals surface area contributed by atoms with Crippen LogP contribution in [0.2, 0.25) is 5.02 Å². The number of halogens is 1. The third kappa shape index (κ3) is 4.39. The Morgan fingerprint density at radius 3 is 2.32 bits per heavy atom. The van der Waals surface area contributed by atoms with Crippen LogP contribution in [0, 0.1) is 0 Å². The van der Waals surface area contributed by atoms with E-state index in [0.717, 1.165) is 5.56 Å². The third-order valence-corrected chi connectivity index (χ3v) is 5.18. The van der Waals surface area contributed by atoms with Gasteiger partial charge in [0, 0.05) is 17.6 Å². The molecule has 0 saturated heterocycles. The van der Waals surface area contributed by atoms with Crippen LogP contribution in [0.15, 0.2) is 59.5 Å². The van der Waals surface area contributed by atoms with Gasteiger partial charge in [-0.3, -0.25) is 10.0 Å². The number of primary sulfonamides is 1. The molecule has 0 unspecified atom stereocenters. The lowest BCUT2D eigenvalue weighted by Gasteiger charge is -2.09. The van der Waals surface area contributed by atoms with E-state index in [1.165, 1.54) is 19.2 Å². The number of hydroxylamine groups is 2. The van der Waals surface area contributed by atoms with E-state index in [1.807, 2.05) is 0 Å². The highest BCUT2D eigenvalue weighted by Gasteiger charge is 2.16. The topological polar surface area (TPSA) is 119 Å². The molecule has 8 nitrogen and oxygen atoms in total. The van der Waals surface area contributed by atoms with Crippen LogP contribution in [0.1, 0.15) is 5.69 Å². The first kappa shape index (κ1) is 20.0. The molecule has 1 heterocycles. The number of likely N-dealkylation sites (N-methyl/N-ethyl adjacent to an activating group) is 1. The molecule has 0 spiro atoms. The van der Waals surface area contributed by atoms with Crippen molar-refractivity contribution in [3.8, 4) is 16.9 Å². The Balaban J connectivity index is 2.08. The van der Waals surface area contributed by atoms with Gasteiger partial charge in [0.15, 0.2) is 0 Å². The number of nitrogens with zero attached hydrogens (tertiary/aromatic N) is 3. The highest BCUT2D eigenvalue weighted by molar-refractivity contribution is 7.89. The number of carbonyl (C=O) groups is 1. The summed E-state index contributed by atoms with van der Waals surface area (Å²) in [7, 11) is -2.57. The lowest BCUT2D eigenvalue weighted by atomic mass is 10.1. The molecule has 3 N–H and O–H groups in total. The van der Waals surface area contributed by atoms with Gasteiger partial charge in [-0.1, -0.05) is 23.7 Å². The van der Waals surface area contributed by atoms with Crippen molar-refractivity contribution in [3.05, 3.63) is 65.3 Å². The fourth-order valence-corrected chi connectivity index (χ4v) is 3.23. The number of nitrogens with two attached hydrogens (primary N) is 1. The van der Waals surface area contributed by atoms with Crippen LogP contribution >= 0.6 is 11.6 Å². The first-order chi connectivity index (χ1) is 13.1. The Kier molecular flexibility index (Phi) is 5.52. The molecule has 0 bridgehead atoms. The fraction of sp³-hybridized carbons (Fsp3) is 0.111. The minimum absolute atomic E-state index is 0.0197. The second-order valence-electron chi connectivity index (χ2n) is 6.07. The van der Waals surface area contributed by atoms with Crippen LogP contribution in [0.3, 0.4) is 0 Å². The molecule has 0 aliphatic heterocycles. The monoisotopic (exact) mass is 420 g/mol. The second kappa shape index (κ2) is 7.72. The number of hydrogen-bond donors (Lipinski definition) is 2. The molecule has 10 heteroatoms. The van der Waals surface area contributed by atoms with E-state index in [2.05, 4.69) is 5.10 Å². The second-order valence-corrected chi connectivity index (χ2v) is 8.07. The van der Waals surface area contributed by atoms with Crippen LogP contribution in [0.4, 0.5) is 0 Å². The molecule has 0 aliphatic rings. The van der Waals surface area contributed by atoms with Gasteiger partial charge >= 0.3 is 0 Å². The molecule has 1 amide bonds. The lowest BCUT2D eigenvalue weighted by molar-refractivity contribution is -0.158. The van der Waals surface area contributed by atoms with Crippen molar-refractivity contribution in [2.75, 3.05) is 7.05 Å². The van der Waals surface area contributed by atoms with E-state index in [1.54, 1.807) is 47.1 Å². The van der Waals surface area contributed by atoms with Crippen molar-refractivity contribution >= 4 is 27.5 Å². The van der Waals surface area contributed by atoms with Gasteiger partial charge in [0.2, 0.25) is 10.0 Å². The molecule has 146 valence electrons. The summed E-state index contributed by atoms with van der Waals surface area (Å²) in [4.78, 5) is 11.8. The fourth-order valence-electron chi connectivity index (χ4n) is 2.59. The summed E-state index contributed by atoms with van der Waals surface area (Å²) in [6.45, 7) is 0. The van der Waals surface area contributed by atoms with E-state index < -0.39 is 15.9 Å².